The van der Waals surface area contributed by atoms with Crippen molar-refractivity contribution in [3.63, 3.8) is 0 Å². The molecule has 2 unspecified atom stereocenters. The summed E-state index contributed by atoms with van der Waals surface area (Å²) in [6, 6.07) is 19.8. The number of rotatable bonds is 11. The summed E-state index contributed by atoms with van der Waals surface area (Å²) < 4.78 is 10.9. The average Bonchev–Trinajstić information content (AvgIpc) is 3.39. The maximum absolute atomic E-state index is 13.9. The number of fused-ring (bicyclic) bond motifs is 1. The van der Waals surface area contributed by atoms with Crippen LogP contribution in [0.2, 0.25) is 10.0 Å². The number of aryl methyl sites for hydroxylation is 1. The Bertz CT molecular complexity index is 1250. The molecule has 1 aliphatic rings. The minimum absolute atomic E-state index is 0.0322. The molecule has 0 aliphatic carbocycles. The number of nitrogens with one attached hydrogen (secondary N) is 1. The fraction of sp³-hybridized carbons (Fsp3) is 0.333. The molecule has 4 rings (SSSR count). The lowest BCUT2D eigenvalue weighted by Gasteiger charge is -2.33. The lowest BCUT2D eigenvalue weighted by atomic mass is 10.0. The van der Waals surface area contributed by atoms with Crippen LogP contribution in [0.4, 0.5) is 0 Å². The van der Waals surface area contributed by atoms with Crippen LogP contribution < -0.4 is 14.8 Å². The summed E-state index contributed by atoms with van der Waals surface area (Å²) in [6.45, 7) is 4.27. The molecule has 200 valence electrons. The van der Waals surface area contributed by atoms with Crippen molar-refractivity contribution >= 4 is 35.0 Å². The predicted molar refractivity (Wildman–Crippen MR) is 150 cm³/mol. The summed E-state index contributed by atoms with van der Waals surface area (Å²) in [7, 11) is 0. The zero-order valence-electron chi connectivity index (χ0n) is 21.6. The zero-order valence-corrected chi connectivity index (χ0v) is 23.1. The van der Waals surface area contributed by atoms with E-state index >= 15 is 0 Å². The number of halogens is 2. The Kier molecular flexibility index (Phi) is 9.53. The molecule has 0 saturated carbocycles. The average molecular weight is 556 g/mol. The lowest BCUT2D eigenvalue weighted by molar-refractivity contribution is -0.141. The van der Waals surface area contributed by atoms with Gasteiger partial charge in [-0.15, -0.1) is 0 Å². The number of hydrogen-bond acceptors (Lipinski definition) is 4. The Morgan fingerprint density at radius 2 is 1.66 bits per heavy atom. The van der Waals surface area contributed by atoms with Gasteiger partial charge in [-0.05, 0) is 55.2 Å². The van der Waals surface area contributed by atoms with Crippen LogP contribution in [0.3, 0.4) is 0 Å². The van der Waals surface area contributed by atoms with E-state index in [0.29, 0.717) is 39.9 Å². The highest BCUT2D eigenvalue weighted by Crippen LogP contribution is 2.33. The van der Waals surface area contributed by atoms with E-state index < -0.39 is 6.04 Å². The Morgan fingerprint density at radius 3 is 2.37 bits per heavy atom. The molecule has 1 N–H and O–H groups in total. The molecule has 0 bridgehead atoms. The Hall–Kier alpha value is -3.22. The Balaban J connectivity index is 1.64. The van der Waals surface area contributed by atoms with Crippen molar-refractivity contribution in [2.75, 3.05) is 6.79 Å². The van der Waals surface area contributed by atoms with Crippen molar-refractivity contribution in [2.24, 2.45) is 0 Å². The molecule has 1 heterocycles. The van der Waals surface area contributed by atoms with Crippen molar-refractivity contribution in [3.05, 3.63) is 93.5 Å². The second kappa shape index (κ2) is 13.0. The van der Waals surface area contributed by atoms with Crippen molar-refractivity contribution < 1.29 is 19.1 Å². The molecule has 0 spiro atoms. The van der Waals surface area contributed by atoms with E-state index in [4.69, 9.17) is 32.7 Å². The highest BCUT2D eigenvalue weighted by molar-refractivity contribution is 6.36. The fourth-order valence-electron chi connectivity index (χ4n) is 4.34. The molecule has 38 heavy (non-hydrogen) atoms. The molecule has 2 amide bonds. The maximum Gasteiger partial charge on any atom is 0.243 e. The summed E-state index contributed by atoms with van der Waals surface area (Å²) in [5.41, 5.74) is 2.51. The number of benzene rings is 3. The third kappa shape index (κ3) is 7.00. The van der Waals surface area contributed by atoms with Gasteiger partial charge in [0.05, 0.1) is 0 Å². The van der Waals surface area contributed by atoms with E-state index in [2.05, 4.69) is 5.32 Å². The van der Waals surface area contributed by atoms with E-state index in [9.17, 15) is 9.59 Å². The van der Waals surface area contributed by atoms with Crippen LogP contribution >= 0.6 is 23.2 Å². The molecular weight excluding hydrogens is 523 g/mol. The van der Waals surface area contributed by atoms with Crippen molar-refractivity contribution in [1.29, 1.82) is 0 Å². The van der Waals surface area contributed by atoms with Crippen LogP contribution in [0.1, 0.15) is 43.4 Å². The van der Waals surface area contributed by atoms with Gasteiger partial charge in [0.15, 0.2) is 11.5 Å². The van der Waals surface area contributed by atoms with Crippen LogP contribution in [0.25, 0.3) is 0 Å². The van der Waals surface area contributed by atoms with E-state index in [1.807, 2.05) is 62.4 Å². The summed E-state index contributed by atoms with van der Waals surface area (Å²) >= 11 is 13.0. The predicted octanol–water partition coefficient (Wildman–Crippen LogP) is 6.21. The Morgan fingerprint density at radius 1 is 0.947 bits per heavy atom. The van der Waals surface area contributed by atoms with Gasteiger partial charge in [0, 0.05) is 41.0 Å². The van der Waals surface area contributed by atoms with Crippen LogP contribution in [-0.4, -0.2) is 35.6 Å². The normalized spacial score (nSPS) is 13.6. The van der Waals surface area contributed by atoms with E-state index in [0.717, 1.165) is 17.5 Å². The first kappa shape index (κ1) is 27.8. The molecule has 0 fully saturated rings. The van der Waals surface area contributed by atoms with Crippen LogP contribution in [0.5, 0.6) is 11.5 Å². The largest absolute Gasteiger partial charge is 0.454 e. The summed E-state index contributed by atoms with van der Waals surface area (Å²) in [5.74, 6) is 0.992. The van der Waals surface area contributed by atoms with Gasteiger partial charge in [0.2, 0.25) is 18.6 Å². The molecule has 0 radical (unpaired) electrons. The van der Waals surface area contributed by atoms with Crippen molar-refractivity contribution in [3.8, 4) is 11.5 Å². The highest BCUT2D eigenvalue weighted by atomic mass is 35.5. The monoisotopic (exact) mass is 554 g/mol. The molecule has 8 heteroatoms. The Labute approximate surface area is 233 Å². The van der Waals surface area contributed by atoms with Gasteiger partial charge < -0.3 is 19.7 Å². The third-order valence-electron chi connectivity index (χ3n) is 6.73. The number of amides is 2. The summed E-state index contributed by atoms with van der Waals surface area (Å²) in [6.07, 6.45) is 1.82. The van der Waals surface area contributed by atoms with Crippen LogP contribution in [0, 0.1) is 0 Å². The van der Waals surface area contributed by atoms with Crippen molar-refractivity contribution in [2.45, 2.75) is 58.2 Å². The topological polar surface area (TPSA) is 67.9 Å². The van der Waals surface area contributed by atoms with Gasteiger partial charge in [0.1, 0.15) is 6.04 Å². The fourth-order valence-corrected chi connectivity index (χ4v) is 4.86. The minimum atomic E-state index is -0.747. The van der Waals surface area contributed by atoms with Gasteiger partial charge in [-0.1, -0.05) is 72.6 Å². The number of carbonyl (C=O) groups is 2. The molecule has 3 aromatic rings. The number of carbonyl (C=O) groups excluding carboxylic acids is 2. The van der Waals surface area contributed by atoms with Gasteiger partial charge in [-0.3, -0.25) is 9.59 Å². The van der Waals surface area contributed by atoms with Crippen molar-refractivity contribution in [1.82, 2.24) is 10.2 Å². The molecule has 3 aromatic carbocycles. The van der Waals surface area contributed by atoms with Gasteiger partial charge in [-0.2, -0.15) is 0 Å². The first-order valence-corrected chi connectivity index (χ1v) is 13.6. The smallest absolute Gasteiger partial charge is 0.243 e. The van der Waals surface area contributed by atoms with Gasteiger partial charge >= 0.3 is 0 Å². The number of ether oxygens (including phenoxy) is 2. The van der Waals surface area contributed by atoms with Gasteiger partial charge in [-0.25, -0.2) is 0 Å². The second-order valence-corrected chi connectivity index (χ2v) is 10.2. The van der Waals surface area contributed by atoms with E-state index in [-0.39, 0.29) is 37.6 Å². The van der Waals surface area contributed by atoms with E-state index in [1.54, 1.807) is 23.1 Å². The first-order valence-electron chi connectivity index (χ1n) is 12.8. The number of hydrogen-bond donors (Lipinski definition) is 1. The maximum atomic E-state index is 13.9. The first-order chi connectivity index (χ1) is 18.4. The highest BCUT2D eigenvalue weighted by Gasteiger charge is 2.31. The number of nitrogens with zero attached hydrogens (tertiary/aromatic N) is 1. The van der Waals surface area contributed by atoms with Crippen LogP contribution in [0.15, 0.2) is 66.7 Å². The molecule has 0 saturated heterocycles. The summed E-state index contributed by atoms with van der Waals surface area (Å²) in [5, 5.41) is 3.97. The molecule has 6 nitrogen and oxygen atoms in total. The SMILES string of the molecule is CCC(C)NC(=O)C(Cc1ccccc1)N(Cc1c(Cl)cccc1Cl)C(=O)CCc1ccc2c(c1)OCO2. The van der Waals surface area contributed by atoms with E-state index in [1.165, 1.54) is 0 Å². The van der Waals surface area contributed by atoms with Gasteiger partial charge in [0.25, 0.3) is 0 Å². The van der Waals surface area contributed by atoms with Crippen LogP contribution in [-0.2, 0) is 29.0 Å². The molecule has 2 atom stereocenters. The molecule has 0 aromatic heterocycles. The zero-order chi connectivity index (χ0) is 27.1. The molecule has 1 aliphatic heterocycles. The summed E-state index contributed by atoms with van der Waals surface area (Å²) in [4.78, 5) is 29.1. The minimum Gasteiger partial charge on any atom is -0.454 e. The lowest BCUT2D eigenvalue weighted by Crippen LogP contribution is -2.52. The molecular formula is C30H32Cl2N2O4. The standard InChI is InChI=1S/C30H32Cl2N2O4/c1-3-20(2)33-30(36)26(16-21-8-5-4-6-9-21)34(18-23-24(31)10-7-11-25(23)32)29(35)15-13-22-12-14-27-28(17-22)38-19-37-27/h4-12,14,17,20,26H,3,13,15-16,18-19H2,1-2H3,(H,33,36). The third-order valence-corrected chi connectivity index (χ3v) is 7.44. The second-order valence-electron chi connectivity index (χ2n) is 9.43. The quantitative estimate of drug-likeness (QED) is 0.306.